The summed E-state index contributed by atoms with van der Waals surface area (Å²) in [5.74, 6) is 0. The maximum atomic E-state index is 11.7. The minimum atomic E-state index is -4.13. The summed E-state index contributed by atoms with van der Waals surface area (Å²) < 4.78 is 63.1. The summed E-state index contributed by atoms with van der Waals surface area (Å²) in [6.07, 6.45) is 22.2. The lowest BCUT2D eigenvalue weighted by Gasteiger charge is -2.25. The van der Waals surface area contributed by atoms with Crippen LogP contribution in [0, 0.1) is 0 Å². The van der Waals surface area contributed by atoms with Crippen molar-refractivity contribution in [3.05, 3.63) is 42.5 Å². The normalized spacial score (nSPS) is 15.3. The van der Waals surface area contributed by atoms with Gasteiger partial charge >= 0.3 is 0 Å². The van der Waals surface area contributed by atoms with Gasteiger partial charge in [-0.2, -0.15) is 16.8 Å². The summed E-state index contributed by atoms with van der Waals surface area (Å²) in [6.45, 7) is 2.27. The average Bonchev–Trinajstić information content (AvgIpc) is 3.39. The molecule has 6 nitrogen and oxygen atoms in total. The molecule has 1 fully saturated rings. The predicted octanol–water partition coefficient (Wildman–Crippen LogP) is 9.14. The molecule has 8 heteroatoms. The first-order valence-electron chi connectivity index (χ1n) is 15.0. The quantitative estimate of drug-likeness (QED) is 0.142. The highest BCUT2D eigenvalue weighted by Crippen LogP contribution is 2.40. The molecule has 0 bridgehead atoms. The molecule has 1 saturated carbocycles. The number of fused-ring (bicyclic) bond motifs is 1. The highest BCUT2D eigenvalue weighted by molar-refractivity contribution is 7.87. The van der Waals surface area contributed by atoms with Gasteiger partial charge in [0.1, 0.15) is 4.90 Å². The Hall–Kier alpha value is -1.48. The van der Waals surface area contributed by atoms with E-state index in [-0.39, 0.29) is 4.90 Å². The fraction of sp³-hybridized carbons (Fsp3) is 0.677. The molecule has 0 spiro atoms. The minimum absolute atomic E-state index is 0.0457. The van der Waals surface area contributed by atoms with E-state index in [9.17, 15) is 21.4 Å². The van der Waals surface area contributed by atoms with Crippen molar-refractivity contribution >= 4 is 31.0 Å². The van der Waals surface area contributed by atoms with Crippen molar-refractivity contribution < 1.29 is 25.9 Å². The fourth-order valence-corrected chi connectivity index (χ4v) is 7.64. The van der Waals surface area contributed by atoms with E-state index in [2.05, 4.69) is 6.92 Å². The summed E-state index contributed by atoms with van der Waals surface area (Å²) >= 11 is 0. The lowest BCUT2D eigenvalue weighted by molar-refractivity contribution is 0.397. The Morgan fingerprint density at radius 2 is 1.10 bits per heavy atom. The van der Waals surface area contributed by atoms with Crippen LogP contribution in [0.5, 0.6) is 0 Å². The van der Waals surface area contributed by atoms with Crippen molar-refractivity contribution in [1.82, 2.24) is 0 Å². The molecule has 2 N–H and O–H groups in total. The van der Waals surface area contributed by atoms with Gasteiger partial charge in [0.05, 0.1) is 4.75 Å². The first kappa shape index (κ1) is 33.7. The van der Waals surface area contributed by atoms with Crippen molar-refractivity contribution in [3.63, 3.8) is 0 Å². The monoisotopic (exact) mass is 582 g/mol. The van der Waals surface area contributed by atoms with E-state index in [0.717, 1.165) is 31.1 Å². The van der Waals surface area contributed by atoms with Crippen LogP contribution in [0.15, 0.2) is 47.4 Å². The van der Waals surface area contributed by atoms with E-state index in [0.29, 0.717) is 24.6 Å². The van der Waals surface area contributed by atoms with Gasteiger partial charge in [-0.05, 0) is 30.7 Å². The van der Waals surface area contributed by atoms with Gasteiger partial charge in [0.15, 0.2) is 0 Å². The SMILES string of the molecule is CCCCCCCCCCCCCCCCC1(S(=O)(=O)O)CCCC1.O=S(=O)(O)c1cccc2ccccc12. The van der Waals surface area contributed by atoms with Gasteiger partial charge in [-0.3, -0.25) is 9.11 Å². The van der Waals surface area contributed by atoms with Crippen LogP contribution in [0.3, 0.4) is 0 Å². The molecule has 0 radical (unpaired) electrons. The van der Waals surface area contributed by atoms with Crippen LogP contribution < -0.4 is 0 Å². The van der Waals surface area contributed by atoms with Crippen LogP contribution in [0.2, 0.25) is 0 Å². The minimum Gasteiger partial charge on any atom is -0.285 e. The molecule has 0 heterocycles. The van der Waals surface area contributed by atoms with Crippen molar-refractivity contribution in [2.45, 2.75) is 139 Å². The van der Waals surface area contributed by atoms with Crippen LogP contribution in [0.4, 0.5) is 0 Å². The third kappa shape index (κ3) is 11.9. The number of unbranched alkanes of at least 4 members (excludes halogenated alkanes) is 13. The van der Waals surface area contributed by atoms with Gasteiger partial charge in [0, 0.05) is 5.39 Å². The van der Waals surface area contributed by atoms with Crippen LogP contribution in [-0.4, -0.2) is 30.7 Å². The van der Waals surface area contributed by atoms with Crippen molar-refractivity contribution in [3.8, 4) is 0 Å². The standard InChI is InChI=1S/C21H42O3S.C10H8O3S/c1-2-3-4-5-6-7-8-9-10-11-12-13-14-15-18-21(25(22,23)24)19-16-17-20-21;11-14(12,13)10-7-3-5-8-4-1-2-6-9(8)10/h2-20H2,1H3,(H,22,23,24);1-7H,(H,11,12,13). The molecule has 0 aliphatic heterocycles. The zero-order chi connectivity index (χ0) is 28.6. The highest BCUT2D eigenvalue weighted by Gasteiger charge is 2.44. The van der Waals surface area contributed by atoms with Crippen molar-refractivity contribution in [2.24, 2.45) is 0 Å². The molecule has 1 aliphatic carbocycles. The molecule has 0 saturated heterocycles. The molecule has 0 atom stereocenters. The maximum absolute atomic E-state index is 11.7. The van der Waals surface area contributed by atoms with Crippen molar-refractivity contribution in [2.75, 3.05) is 0 Å². The molecule has 0 unspecified atom stereocenters. The third-order valence-electron chi connectivity index (χ3n) is 8.08. The zero-order valence-electron chi connectivity index (χ0n) is 23.8. The number of hydrogen-bond donors (Lipinski definition) is 2. The summed E-state index contributed by atoms with van der Waals surface area (Å²) in [4.78, 5) is -0.0457. The topological polar surface area (TPSA) is 109 Å². The fourth-order valence-electron chi connectivity index (χ4n) is 5.72. The molecular formula is C31H50O6S2. The first-order chi connectivity index (χ1) is 18.6. The second-order valence-corrected chi connectivity index (χ2v) is 14.4. The average molecular weight is 583 g/mol. The van der Waals surface area contributed by atoms with Gasteiger partial charge in [0.25, 0.3) is 20.2 Å². The highest BCUT2D eigenvalue weighted by atomic mass is 32.2. The Kier molecular flexibility index (Phi) is 15.0. The predicted molar refractivity (Wildman–Crippen MR) is 161 cm³/mol. The maximum Gasteiger partial charge on any atom is 0.295 e. The Balaban J connectivity index is 0.000000318. The van der Waals surface area contributed by atoms with Gasteiger partial charge in [0.2, 0.25) is 0 Å². The largest absolute Gasteiger partial charge is 0.295 e. The number of benzene rings is 2. The molecular weight excluding hydrogens is 532 g/mol. The molecule has 0 aromatic heterocycles. The molecule has 3 rings (SSSR count). The number of hydrogen-bond acceptors (Lipinski definition) is 4. The van der Waals surface area contributed by atoms with E-state index >= 15 is 0 Å². The van der Waals surface area contributed by atoms with Crippen LogP contribution in [0.25, 0.3) is 10.8 Å². The van der Waals surface area contributed by atoms with Gasteiger partial charge in [-0.25, -0.2) is 0 Å². The van der Waals surface area contributed by atoms with E-state index < -0.39 is 25.0 Å². The van der Waals surface area contributed by atoms with Crippen molar-refractivity contribution in [1.29, 1.82) is 0 Å². The Morgan fingerprint density at radius 3 is 1.59 bits per heavy atom. The summed E-state index contributed by atoms with van der Waals surface area (Å²) in [5.41, 5.74) is 0. The van der Waals surface area contributed by atoms with E-state index in [1.165, 1.54) is 83.1 Å². The van der Waals surface area contributed by atoms with E-state index in [4.69, 9.17) is 4.55 Å². The summed E-state index contributed by atoms with van der Waals surface area (Å²) in [5, 5.41) is 1.33. The van der Waals surface area contributed by atoms with Crippen LogP contribution >= 0.6 is 0 Å². The van der Waals surface area contributed by atoms with E-state index in [1.54, 1.807) is 30.3 Å². The van der Waals surface area contributed by atoms with Gasteiger partial charge in [-0.1, -0.05) is 146 Å². The Labute approximate surface area is 237 Å². The lowest BCUT2D eigenvalue weighted by Crippen LogP contribution is -2.35. The zero-order valence-corrected chi connectivity index (χ0v) is 25.5. The second kappa shape index (κ2) is 17.4. The molecule has 0 amide bonds. The number of rotatable bonds is 17. The molecule has 2 aromatic carbocycles. The molecule has 39 heavy (non-hydrogen) atoms. The van der Waals surface area contributed by atoms with E-state index in [1.807, 2.05) is 6.07 Å². The van der Waals surface area contributed by atoms with Crippen LogP contribution in [0.1, 0.15) is 129 Å². The van der Waals surface area contributed by atoms with Gasteiger partial charge < -0.3 is 0 Å². The summed E-state index contributed by atoms with van der Waals surface area (Å²) in [7, 11) is -8.01. The summed E-state index contributed by atoms with van der Waals surface area (Å²) in [6, 6.07) is 11.8. The Morgan fingerprint density at radius 1 is 0.641 bits per heavy atom. The molecule has 222 valence electrons. The second-order valence-electron chi connectivity index (χ2n) is 11.2. The van der Waals surface area contributed by atoms with Crippen LogP contribution in [-0.2, 0) is 20.2 Å². The Bertz CT molecular complexity index is 1160. The molecule has 1 aliphatic rings. The first-order valence-corrected chi connectivity index (χ1v) is 17.9. The lowest BCUT2D eigenvalue weighted by atomic mass is 9.97. The van der Waals surface area contributed by atoms with Gasteiger partial charge in [-0.15, -0.1) is 0 Å². The third-order valence-corrected chi connectivity index (χ3v) is 10.7. The smallest absolute Gasteiger partial charge is 0.285 e. The molecule has 2 aromatic rings.